The van der Waals surface area contributed by atoms with E-state index in [2.05, 4.69) is 4.52 Å². The highest BCUT2D eigenvalue weighted by molar-refractivity contribution is 7.46. The fourth-order valence-corrected chi connectivity index (χ4v) is 1.97. The fourth-order valence-electron chi connectivity index (χ4n) is 1.39. The molecule has 0 spiro atoms. The maximum Gasteiger partial charge on any atom is 0.470 e. The molecule has 1 fully saturated rings. The fraction of sp³-hybridized carbons (Fsp3) is 1.00. The molecule has 0 amide bonds. The molecule has 5 unspecified atom stereocenters. The Morgan fingerprint density at radius 1 is 1.38 bits per heavy atom. The molecule has 7 N–H and O–H groups in total. The van der Waals surface area contributed by atoms with Crippen LogP contribution in [0.25, 0.3) is 0 Å². The van der Waals surface area contributed by atoms with Gasteiger partial charge in [0.15, 0.2) is 6.29 Å². The number of phosphoric ester groups is 1. The summed E-state index contributed by atoms with van der Waals surface area (Å²) in [5.74, 6) is 0. The van der Waals surface area contributed by atoms with E-state index in [1.165, 1.54) is 0 Å². The Hall–Kier alpha value is -0.0900. The zero-order valence-corrected chi connectivity index (χ0v) is 8.97. The summed E-state index contributed by atoms with van der Waals surface area (Å²) in [6, 6.07) is -1.28. The molecule has 1 saturated heterocycles. The van der Waals surface area contributed by atoms with E-state index in [1.54, 1.807) is 0 Å². The summed E-state index contributed by atoms with van der Waals surface area (Å²) in [7, 11) is -4.86. The van der Waals surface area contributed by atoms with Gasteiger partial charge in [0.25, 0.3) is 0 Å². The van der Waals surface area contributed by atoms with E-state index in [0.717, 1.165) is 0 Å². The number of nitrogens with two attached hydrogens (primary N) is 1. The van der Waals surface area contributed by atoms with Crippen LogP contribution in [-0.2, 0) is 13.8 Å². The molecule has 0 radical (unpaired) electrons. The standard InChI is InChI=1S/C6H14NO8P/c7-3-4(9)5(15-16(11,12)13)2(1-8)14-6(3)10/h2-6,8-10H,1,7H2,(H2,11,12,13). The van der Waals surface area contributed by atoms with Crippen molar-refractivity contribution in [3.8, 4) is 0 Å². The lowest BCUT2D eigenvalue weighted by Gasteiger charge is -2.40. The molecule has 96 valence electrons. The highest BCUT2D eigenvalue weighted by atomic mass is 31.2. The lowest BCUT2D eigenvalue weighted by atomic mass is 9.98. The first kappa shape index (κ1) is 14.0. The van der Waals surface area contributed by atoms with Gasteiger partial charge >= 0.3 is 7.82 Å². The molecule has 1 rings (SSSR count). The second-order valence-corrected chi connectivity index (χ2v) is 4.57. The predicted molar refractivity (Wildman–Crippen MR) is 48.9 cm³/mol. The van der Waals surface area contributed by atoms with E-state index >= 15 is 0 Å². The van der Waals surface area contributed by atoms with Crippen LogP contribution >= 0.6 is 7.82 Å². The van der Waals surface area contributed by atoms with Crippen molar-refractivity contribution >= 4 is 7.82 Å². The van der Waals surface area contributed by atoms with Gasteiger partial charge in [-0.25, -0.2) is 4.57 Å². The van der Waals surface area contributed by atoms with Gasteiger partial charge in [0.05, 0.1) is 12.6 Å². The predicted octanol–water partition coefficient (Wildman–Crippen LogP) is -3.14. The summed E-state index contributed by atoms with van der Waals surface area (Å²) in [6.07, 6.45) is -5.88. The molecule has 9 nitrogen and oxygen atoms in total. The van der Waals surface area contributed by atoms with Crippen LogP contribution < -0.4 is 5.73 Å². The molecule has 0 bridgehead atoms. The normalized spacial score (nSPS) is 41.0. The van der Waals surface area contributed by atoms with Crippen molar-refractivity contribution < 1.29 is 38.9 Å². The minimum absolute atomic E-state index is 0.689. The van der Waals surface area contributed by atoms with Crippen LogP contribution in [-0.4, -0.2) is 62.4 Å². The van der Waals surface area contributed by atoms with Gasteiger partial charge in [0, 0.05) is 0 Å². The molecule has 0 aromatic carbocycles. The SMILES string of the molecule is NC1C(O)OC(CO)C(OP(=O)(O)O)C1O. The number of ether oxygens (including phenoxy) is 1. The minimum atomic E-state index is -4.86. The van der Waals surface area contributed by atoms with E-state index in [4.69, 9.17) is 25.4 Å². The number of phosphoric acid groups is 1. The van der Waals surface area contributed by atoms with Gasteiger partial charge < -0.3 is 35.6 Å². The Labute approximate surface area is 90.6 Å². The molecule has 0 saturated carbocycles. The Morgan fingerprint density at radius 2 is 1.94 bits per heavy atom. The van der Waals surface area contributed by atoms with Gasteiger partial charge in [-0.2, -0.15) is 0 Å². The lowest BCUT2D eigenvalue weighted by molar-refractivity contribution is -0.245. The molecular formula is C6H14NO8P. The molecule has 0 aromatic rings. The quantitative estimate of drug-likeness (QED) is 0.287. The zero-order chi connectivity index (χ0) is 12.5. The summed E-state index contributed by atoms with van der Waals surface area (Å²) in [5, 5.41) is 27.6. The third kappa shape index (κ3) is 3.20. The van der Waals surface area contributed by atoms with E-state index in [-0.39, 0.29) is 0 Å². The van der Waals surface area contributed by atoms with E-state index in [9.17, 15) is 14.8 Å². The van der Waals surface area contributed by atoms with Crippen LogP contribution in [0.2, 0.25) is 0 Å². The monoisotopic (exact) mass is 259 g/mol. The number of rotatable bonds is 3. The number of aliphatic hydroxyl groups is 3. The summed E-state index contributed by atoms with van der Waals surface area (Å²) in [6.45, 7) is -0.689. The first-order valence-electron chi connectivity index (χ1n) is 4.38. The van der Waals surface area contributed by atoms with Gasteiger partial charge in [0.1, 0.15) is 18.3 Å². The van der Waals surface area contributed by atoms with Crippen LogP contribution in [0.1, 0.15) is 0 Å². The van der Waals surface area contributed by atoms with Crippen LogP contribution in [0.4, 0.5) is 0 Å². The highest BCUT2D eigenvalue weighted by Gasteiger charge is 2.46. The van der Waals surface area contributed by atoms with Crippen molar-refractivity contribution in [2.45, 2.75) is 30.6 Å². The Bertz CT molecular complexity index is 280. The van der Waals surface area contributed by atoms with Crippen molar-refractivity contribution in [2.24, 2.45) is 5.73 Å². The van der Waals surface area contributed by atoms with E-state index in [0.29, 0.717) is 0 Å². The van der Waals surface area contributed by atoms with Crippen molar-refractivity contribution in [1.82, 2.24) is 0 Å². The number of hydrogen-bond acceptors (Lipinski definition) is 7. The summed E-state index contributed by atoms with van der Waals surface area (Å²) >= 11 is 0. The van der Waals surface area contributed by atoms with Crippen LogP contribution in [0.5, 0.6) is 0 Å². The van der Waals surface area contributed by atoms with Gasteiger partial charge in [-0.3, -0.25) is 4.52 Å². The minimum Gasteiger partial charge on any atom is -0.394 e. The number of aliphatic hydroxyl groups excluding tert-OH is 3. The average molecular weight is 259 g/mol. The molecule has 1 heterocycles. The second-order valence-electron chi connectivity index (χ2n) is 3.38. The van der Waals surface area contributed by atoms with Crippen LogP contribution in [0.3, 0.4) is 0 Å². The van der Waals surface area contributed by atoms with Crippen LogP contribution in [0.15, 0.2) is 0 Å². The van der Waals surface area contributed by atoms with E-state index in [1.807, 2.05) is 0 Å². The molecule has 16 heavy (non-hydrogen) atoms. The molecular weight excluding hydrogens is 245 g/mol. The first-order chi connectivity index (χ1) is 7.26. The second kappa shape index (κ2) is 5.05. The molecule has 10 heteroatoms. The molecule has 1 aliphatic rings. The van der Waals surface area contributed by atoms with Crippen molar-refractivity contribution in [3.05, 3.63) is 0 Å². The smallest absolute Gasteiger partial charge is 0.394 e. The molecule has 5 atom stereocenters. The third-order valence-electron chi connectivity index (χ3n) is 2.18. The Morgan fingerprint density at radius 3 is 2.38 bits per heavy atom. The largest absolute Gasteiger partial charge is 0.470 e. The zero-order valence-electron chi connectivity index (χ0n) is 8.08. The van der Waals surface area contributed by atoms with Crippen LogP contribution in [0, 0.1) is 0 Å². The average Bonchev–Trinajstić information content (AvgIpc) is 2.17. The first-order valence-corrected chi connectivity index (χ1v) is 5.91. The topological polar surface area (TPSA) is 163 Å². The van der Waals surface area contributed by atoms with Gasteiger partial charge in [-0.1, -0.05) is 0 Å². The summed E-state index contributed by atoms with van der Waals surface area (Å²) < 4.78 is 19.6. The molecule has 1 aliphatic heterocycles. The van der Waals surface area contributed by atoms with Gasteiger partial charge in [-0.05, 0) is 0 Å². The number of hydrogen-bond donors (Lipinski definition) is 6. The lowest BCUT2D eigenvalue weighted by Crippen LogP contribution is -2.62. The maximum absolute atomic E-state index is 10.6. The Balaban J connectivity index is 2.81. The van der Waals surface area contributed by atoms with Crippen molar-refractivity contribution in [2.75, 3.05) is 6.61 Å². The van der Waals surface area contributed by atoms with Crippen molar-refractivity contribution in [3.63, 3.8) is 0 Å². The third-order valence-corrected chi connectivity index (χ3v) is 2.70. The molecule has 0 aromatic heterocycles. The highest BCUT2D eigenvalue weighted by Crippen LogP contribution is 2.40. The van der Waals surface area contributed by atoms with Crippen molar-refractivity contribution in [1.29, 1.82) is 0 Å². The summed E-state index contributed by atoms with van der Waals surface area (Å²) in [4.78, 5) is 17.2. The van der Waals surface area contributed by atoms with Gasteiger partial charge in [-0.15, -0.1) is 0 Å². The summed E-state index contributed by atoms with van der Waals surface area (Å²) in [5.41, 5.74) is 5.31. The van der Waals surface area contributed by atoms with E-state index < -0.39 is 45.1 Å². The maximum atomic E-state index is 10.6. The Kier molecular flexibility index (Phi) is 4.41. The molecule has 0 aliphatic carbocycles. The van der Waals surface area contributed by atoms with Gasteiger partial charge in [0.2, 0.25) is 0 Å².